The van der Waals surface area contributed by atoms with E-state index in [0.717, 1.165) is 11.1 Å². The zero-order valence-corrected chi connectivity index (χ0v) is 10.2. The largest absolute Gasteiger partial charge is 0.481 e. The van der Waals surface area contributed by atoms with Gasteiger partial charge in [0.05, 0.1) is 6.04 Å². The van der Waals surface area contributed by atoms with Crippen LogP contribution < -0.4 is 5.32 Å². The van der Waals surface area contributed by atoms with Crippen LogP contribution in [-0.4, -0.2) is 17.0 Å². The van der Waals surface area contributed by atoms with Crippen LogP contribution in [0.4, 0.5) is 0 Å². The smallest absolute Gasteiger partial charge is 0.315 e. The average molecular weight is 235 g/mol. The molecular formula is C13H17NO3. The molecule has 17 heavy (non-hydrogen) atoms. The quantitative estimate of drug-likeness (QED) is 0.783. The second kappa shape index (κ2) is 5.48. The van der Waals surface area contributed by atoms with E-state index < -0.39 is 17.8 Å². The number of hydrogen-bond acceptors (Lipinski definition) is 2. The van der Waals surface area contributed by atoms with Crippen molar-refractivity contribution in [2.45, 2.75) is 26.8 Å². The van der Waals surface area contributed by atoms with Gasteiger partial charge in [-0.25, -0.2) is 0 Å². The van der Waals surface area contributed by atoms with Gasteiger partial charge in [-0.3, -0.25) is 9.59 Å². The Labute approximate surface area is 101 Å². The van der Waals surface area contributed by atoms with Crippen molar-refractivity contribution in [2.24, 2.45) is 5.92 Å². The monoisotopic (exact) mass is 235 g/mol. The lowest BCUT2D eigenvalue weighted by molar-refractivity contribution is -0.146. The van der Waals surface area contributed by atoms with E-state index in [9.17, 15) is 9.59 Å². The first kappa shape index (κ1) is 13.2. The summed E-state index contributed by atoms with van der Waals surface area (Å²) in [5, 5.41) is 11.4. The molecule has 0 aliphatic carbocycles. The predicted molar refractivity (Wildman–Crippen MR) is 64.5 cm³/mol. The Morgan fingerprint density at radius 3 is 2.35 bits per heavy atom. The number of aliphatic carboxylic acids is 1. The third kappa shape index (κ3) is 3.31. The standard InChI is InChI=1S/C13H17NO3/c1-8-6-4-5-7-11(8)10(3)14-12(15)9(2)13(16)17/h4-7,9-10H,1-3H3,(H,14,15)(H,16,17). The van der Waals surface area contributed by atoms with Crippen molar-refractivity contribution in [1.29, 1.82) is 0 Å². The van der Waals surface area contributed by atoms with Crippen LogP contribution in [0.5, 0.6) is 0 Å². The Morgan fingerprint density at radius 1 is 1.24 bits per heavy atom. The molecule has 1 rings (SSSR count). The summed E-state index contributed by atoms with van der Waals surface area (Å²) in [6, 6.07) is 7.51. The van der Waals surface area contributed by atoms with Gasteiger partial charge in [-0.15, -0.1) is 0 Å². The van der Waals surface area contributed by atoms with Crippen LogP contribution >= 0.6 is 0 Å². The molecule has 0 aliphatic heterocycles. The van der Waals surface area contributed by atoms with Crippen molar-refractivity contribution >= 4 is 11.9 Å². The number of nitrogens with one attached hydrogen (secondary N) is 1. The lowest BCUT2D eigenvalue weighted by Crippen LogP contribution is -2.35. The lowest BCUT2D eigenvalue weighted by atomic mass is 10.0. The number of amides is 1. The first-order valence-corrected chi connectivity index (χ1v) is 5.52. The predicted octanol–water partition coefficient (Wildman–Crippen LogP) is 1.89. The second-order valence-corrected chi connectivity index (χ2v) is 4.15. The molecule has 2 atom stereocenters. The number of hydrogen-bond donors (Lipinski definition) is 2. The molecule has 0 bridgehead atoms. The molecule has 0 aromatic heterocycles. The van der Waals surface area contributed by atoms with E-state index in [1.165, 1.54) is 6.92 Å². The number of aryl methyl sites for hydroxylation is 1. The number of carbonyl (C=O) groups is 2. The average Bonchev–Trinajstić information content (AvgIpc) is 2.28. The Kier molecular flexibility index (Phi) is 4.26. The Hall–Kier alpha value is -1.84. The maximum atomic E-state index is 11.6. The molecule has 2 unspecified atom stereocenters. The van der Waals surface area contributed by atoms with Gasteiger partial charge in [0, 0.05) is 0 Å². The van der Waals surface area contributed by atoms with E-state index in [-0.39, 0.29) is 6.04 Å². The number of benzene rings is 1. The van der Waals surface area contributed by atoms with Crippen molar-refractivity contribution in [3.63, 3.8) is 0 Å². The summed E-state index contributed by atoms with van der Waals surface area (Å²) in [6.07, 6.45) is 0. The number of carboxylic acids is 1. The van der Waals surface area contributed by atoms with E-state index in [2.05, 4.69) is 5.32 Å². The first-order chi connectivity index (χ1) is 7.93. The maximum Gasteiger partial charge on any atom is 0.315 e. The number of carbonyl (C=O) groups excluding carboxylic acids is 1. The van der Waals surface area contributed by atoms with Crippen molar-refractivity contribution in [3.05, 3.63) is 35.4 Å². The topological polar surface area (TPSA) is 66.4 Å². The highest BCUT2D eigenvalue weighted by atomic mass is 16.4. The second-order valence-electron chi connectivity index (χ2n) is 4.15. The molecule has 0 spiro atoms. The molecule has 1 aromatic carbocycles. The van der Waals surface area contributed by atoms with Gasteiger partial charge in [0.2, 0.25) is 5.91 Å². The fourth-order valence-electron chi connectivity index (χ4n) is 1.60. The van der Waals surface area contributed by atoms with Gasteiger partial charge >= 0.3 is 5.97 Å². The SMILES string of the molecule is Cc1ccccc1C(C)NC(=O)C(C)C(=O)O. The molecule has 92 valence electrons. The molecule has 0 saturated heterocycles. The van der Waals surface area contributed by atoms with Crippen molar-refractivity contribution < 1.29 is 14.7 Å². The summed E-state index contributed by atoms with van der Waals surface area (Å²) in [6.45, 7) is 5.18. The van der Waals surface area contributed by atoms with Gasteiger partial charge in [-0.2, -0.15) is 0 Å². The van der Waals surface area contributed by atoms with Gasteiger partial charge in [0.25, 0.3) is 0 Å². The van der Waals surface area contributed by atoms with E-state index in [0.29, 0.717) is 0 Å². The summed E-state index contributed by atoms with van der Waals surface area (Å²) in [7, 11) is 0. The van der Waals surface area contributed by atoms with E-state index in [1.54, 1.807) is 0 Å². The minimum Gasteiger partial charge on any atom is -0.481 e. The lowest BCUT2D eigenvalue weighted by Gasteiger charge is -2.17. The summed E-state index contributed by atoms with van der Waals surface area (Å²) in [5.41, 5.74) is 2.07. The third-order valence-electron chi connectivity index (χ3n) is 2.78. The van der Waals surface area contributed by atoms with Crippen molar-refractivity contribution in [1.82, 2.24) is 5.32 Å². The van der Waals surface area contributed by atoms with Crippen LogP contribution in [0.2, 0.25) is 0 Å². The number of rotatable bonds is 4. The summed E-state index contributed by atoms with van der Waals surface area (Å²) < 4.78 is 0. The van der Waals surface area contributed by atoms with Crippen LogP contribution in [0, 0.1) is 12.8 Å². The maximum absolute atomic E-state index is 11.6. The first-order valence-electron chi connectivity index (χ1n) is 5.52. The molecule has 1 aromatic rings. The summed E-state index contributed by atoms with van der Waals surface area (Å²) in [4.78, 5) is 22.3. The zero-order valence-electron chi connectivity index (χ0n) is 10.2. The number of carboxylic acid groups (broad SMARTS) is 1. The normalized spacial score (nSPS) is 13.8. The van der Waals surface area contributed by atoms with Gasteiger partial charge < -0.3 is 10.4 Å². The van der Waals surface area contributed by atoms with Gasteiger partial charge in [-0.05, 0) is 31.9 Å². The van der Waals surface area contributed by atoms with Gasteiger partial charge in [-0.1, -0.05) is 24.3 Å². The molecule has 0 saturated carbocycles. The molecule has 0 aliphatic rings. The molecule has 0 radical (unpaired) electrons. The van der Waals surface area contributed by atoms with E-state index in [1.807, 2.05) is 38.1 Å². The molecule has 0 fully saturated rings. The fourth-order valence-corrected chi connectivity index (χ4v) is 1.60. The molecule has 1 amide bonds. The molecule has 4 nitrogen and oxygen atoms in total. The van der Waals surface area contributed by atoms with Gasteiger partial charge in [0.1, 0.15) is 5.92 Å². The molecule has 2 N–H and O–H groups in total. The third-order valence-corrected chi connectivity index (χ3v) is 2.78. The highest BCUT2D eigenvalue weighted by Gasteiger charge is 2.22. The fraction of sp³-hybridized carbons (Fsp3) is 0.385. The van der Waals surface area contributed by atoms with Crippen LogP contribution in [0.15, 0.2) is 24.3 Å². The molecular weight excluding hydrogens is 218 g/mol. The van der Waals surface area contributed by atoms with Crippen LogP contribution in [-0.2, 0) is 9.59 Å². The Bertz CT molecular complexity index is 428. The molecule has 4 heteroatoms. The Balaban J connectivity index is 2.73. The summed E-state index contributed by atoms with van der Waals surface area (Å²) in [5.74, 6) is -2.60. The zero-order chi connectivity index (χ0) is 13.0. The highest BCUT2D eigenvalue weighted by molar-refractivity contribution is 5.96. The highest BCUT2D eigenvalue weighted by Crippen LogP contribution is 2.17. The summed E-state index contributed by atoms with van der Waals surface area (Å²) >= 11 is 0. The van der Waals surface area contributed by atoms with Crippen LogP contribution in [0.3, 0.4) is 0 Å². The van der Waals surface area contributed by atoms with Crippen LogP contribution in [0.25, 0.3) is 0 Å². The molecule has 0 heterocycles. The minimum absolute atomic E-state index is 0.189. The van der Waals surface area contributed by atoms with Gasteiger partial charge in [0.15, 0.2) is 0 Å². The minimum atomic E-state index is -1.11. The Morgan fingerprint density at radius 2 is 1.82 bits per heavy atom. The van der Waals surface area contributed by atoms with E-state index >= 15 is 0 Å². The van der Waals surface area contributed by atoms with E-state index in [4.69, 9.17) is 5.11 Å². The van der Waals surface area contributed by atoms with Crippen molar-refractivity contribution in [2.75, 3.05) is 0 Å². The van der Waals surface area contributed by atoms with Crippen LogP contribution in [0.1, 0.15) is 31.0 Å². The van der Waals surface area contributed by atoms with Crippen molar-refractivity contribution in [3.8, 4) is 0 Å².